The molecule has 3 atom stereocenters. The largest absolute Gasteiger partial charge is 0.396 e. The number of nitrogens with zero attached hydrogens (tertiary/aromatic N) is 3. The number of imidazole rings is 1. The van der Waals surface area contributed by atoms with E-state index in [1.807, 2.05) is 0 Å². The van der Waals surface area contributed by atoms with Crippen LogP contribution in [0.2, 0.25) is 0 Å². The fraction of sp³-hybridized carbons (Fsp3) is 0.522. The molecule has 2 heterocycles. The van der Waals surface area contributed by atoms with Gasteiger partial charge in [0.2, 0.25) is 0 Å². The van der Waals surface area contributed by atoms with Gasteiger partial charge in [0, 0.05) is 42.4 Å². The van der Waals surface area contributed by atoms with Crippen molar-refractivity contribution in [3.8, 4) is 11.4 Å². The summed E-state index contributed by atoms with van der Waals surface area (Å²) in [5.41, 5.74) is 2.28. The van der Waals surface area contributed by atoms with Crippen molar-refractivity contribution in [3.63, 3.8) is 0 Å². The molecule has 0 saturated carbocycles. The number of hydrogen-bond acceptors (Lipinski definition) is 4. The summed E-state index contributed by atoms with van der Waals surface area (Å²) in [6.07, 6.45) is 1.01. The summed E-state index contributed by atoms with van der Waals surface area (Å²) in [5.74, 6) is 0.559. The third-order valence-electron chi connectivity index (χ3n) is 6.26. The van der Waals surface area contributed by atoms with Gasteiger partial charge < -0.3 is 15.0 Å². The van der Waals surface area contributed by atoms with Gasteiger partial charge in [-0.1, -0.05) is 31.7 Å². The van der Waals surface area contributed by atoms with Crippen LogP contribution in [-0.2, 0) is 0 Å². The number of likely N-dealkylation sites (tertiary alicyclic amines) is 1. The van der Waals surface area contributed by atoms with Gasteiger partial charge in [-0.3, -0.25) is 4.90 Å². The third kappa shape index (κ3) is 4.57. The maximum atomic E-state index is 13.0. The lowest BCUT2D eigenvalue weighted by Crippen LogP contribution is -2.47. The van der Waals surface area contributed by atoms with E-state index in [0.29, 0.717) is 23.5 Å². The number of hydrogen-bond donors (Lipinski definition) is 2. The molecule has 0 aliphatic carbocycles. The third-order valence-corrected chi connectivity index (χ3v) is 6.26. The smallest absolute Gasteiger partial charge is 0.263 e. The molecule has 0 radical (unpaired) electrons. The SMILES string of the molecule is C=C(c1cnc(-c2cccc(C(F)F)c2)[nH]1)N1CCC(N(CC)[C@@H](C)CCO)C1C. The van der Waals surface area contributed by atoms with Gasteiger partial charge in [-0.05, 0) is 39.3 Å². The molecule has 2 N–H and O–H groups in total. The fourth-order valence-electron chi connectivity index (χ4n) is 4.56. The molecule has 1 fully saturated rings. The highest BCUT2D eigenvalue weighted by atomic mass is 19.3. The van der Waals surface area contributed by atoms with Crippen LogP contribution in [0.15, 0.2) is 37.0 Å². The normalized spacial score (nSPS) is 20.3. The first-order valence-corrected chi connectivity index (χ1v) is 10.6. The van der Waals surface area contributed by atoms with Gasteiger partial charge in [0.25, 0.3) is 6.43 Å². The Morgan fingerprint density at radius 2 is 2.20 bits per heavy atom. The number of halogens is 2. The molecule has 0 spiro atoms. The number of aromatic amines is 1. The molecule has 1 saturated heterocycles. The summed E-state index contributed by atoms with van der Waals surface area (Å²) in [6.45, 7) is 12.8. The molecule has 164 valence electrons. The van der Waals surface area contributed by atoms with Gasteiger partial charge in [0.1, 0.15) is 5.82 Å². The zero-order chi connectivity index (χ0) is 21.8. The monoisotopic (exact) mass is 418 g/mol. The molecule has 0 bridgehead atoms. The van der Waals surface area contributed by atoms with Crippen molar-refractivity contribution < 1.29 is 13.9 Å². The summed E-state index contributed by atoms with van der Waals surface area (Å²) < 4.78 is 26.0. The number of nitrogens with one attached hydrogen (secondary N) is 1. The lowest BCUT2D eigenvalue weighted by Gasteiger charge is -2.37. The molecule has 1 aromatic carbocycles. The second kappa shape index (κ2) is 9.71. The highest BCUT2D eigenvalue weighted by molar-refractivity contribution is 5.64. The summed E-state index contributed by atoms with van der Waals surface area (Å²) in [4.78, 5) is 12.4. The highest BCUT2D eigenvalue weighted by Gasteiger charge is 2.36. The molecule has 30 heavy (non-hydrogen) atoms. The molecule has 5 nitrogen and oxygen atoms in total. The predicted molar refractivity (Wildman–Crippen MR) is 116 cm³/mol. The minimum absolute atomic E-state index is 0.0167. The van der Waals surface area contributed by atoms with Crippen LogP contribution < -0.4 is 0 Å². The summed E-state index contributed by atoms with van der Waals surface area (Å²) >= 11 is 0. The predicted octanol–water partition coefficient (Wildman–Crippen LogP) is 4.54. The molecule has 0 amide bonds. The topological polar surface area (TPSA) is 55.4 Å². The molecular formula is C23H32F2N4O. The van der Waals surface area contributed by atoms with E-state index in [4.69, 9.17) is 0 Å². The maximum absolute atomic E-state index is 13.0. The number of aliphatic hydroxyl groups excluding tert-OH is 1. The van der Waals surface area contributed by atoms with Crippen molar-refractivity contribution in [1.29, 1.82) is 0 Å². The van der Waals surface area contributed by atoms with Crippen LogP contribution in [-0.4, -0.2) is 62.7 Å². The highest BCUT2D eigenvalue weighted by Crippen LogP contribution is 2.32. The molecule has 7 heteroatoms. The zero-order valence-electron chi connectivity index (χ0n) is 18.0. The summed E-state index contributed by atoms with van der Waals surface area (Å²) in [5, 5.41) is 9.32. The van der Waals surface area contributed by atoms with Crippen molar-refractivity contribution >= 4 is 5.70 Å². The van der Waals surface area contributed by atoms with Gasteiger partial charge in [0.15, 0.2) is 0 Å². The van der Waals surface area contributed by atoms with Crippen molar-refractivity contribution in [2.45, 2.75) is 58.2 Å². The Hall–Kier alpha value is -2.25. The Morgan fingerprint density at radius 3 is 2.87 bits per heavy atom. The van der Waals surface area contributed by atoms with Crippen LogP contribution in [0.5, 0.6) is 0 Å². The standard InChI is InChI=1S/C23H32F2N4O/c1-5-28(15(2)10-12-30)21-9-11-29(17(21)4)16(3)20-14-26-23(27-20)19-8-6-7-18(13-19)22(24)25/h6-8,13-15,17,21-22,30H,3,5,9-12H2,1-2,4H3,(H,26,27)/t15-,17?,21?/m0/s1. The van der Waals surface area contributed by atoms with E-state index in [2.05, 4.69) is 47.1 Å². The fourth-order valence-corrected chi connectivity index (χ4v) is 4.56. The number of alkyl halides is 2. The van der Waals surface area contributed by atoms with E-state index in [1.165, 1.54) is 12.1 Å². The molecule has 2 aromatic rings. The van der Waals surface area contributed by atoms with Crippen LogP contribution in [0.3, 0.4) is 0 Å². The zero-order valence-corrected chi connectivity index (χ0v) is 18.0. The maximum Gasteiger partial charge on any atom is 0.263 e. The number of aromatic nitrogens is 2. The van der Waals surface area contributed by atoms with Crippen molar-refractivity contribution in [1.82, 2.24) is 19.8 Å². The molecular weight excluding hydrogens is 386 g/mol. The average molecular weight is 419 g/mol. The lowest BCUT2D eigenvalue weighted by atomic mass is 10.0. The van der Waals surface area contributed by atoms with Crippen LogP contribution in [0.25, 0.3) is 17.1 Å². The van der Waals surface area contributed by atoms with Gasteiger partial charge in [0.05, 0.1) is 17.6 Å². The Morgan fingerprint density at radius 1 is 1.43 bits per heavy atom. The first-order valence-electron chi connectivity index (χ1n) is 10.6. The van der Waals surface area contributed by atoms with Crippen LogP contribution in [0, 0.1) is 0 Å². The second-order valence-corrected chi connectivity index (χ2v) is 8.00. The Bertz CT molecular complexity index is 853. The summed E-state index contributed by atoms with van der Waals surface area (Å²) in [6, 6.07) is 7.25. The van der Waals surface area contributed by atoms with E-state index in [1.54, 1.807) is 18.3 Å². The Kier molecular flexibility index (Phi) is 7.26. The second-order valence-electron chi connectivity index (χ2n) is 8.00. The first-order chi connectivity index (χ1) is 14.4. The molecule has 3 rings (SSSR count). The molecule has 1 aromatic heterocycles. The van der Waals surface area contributed by atoms with E-state index < -0.39 is 6.43 Å². The average Bonchev–Trinajstić information content (AvgIpc) is 3.36. The molecule has 2 unspecified atom stereocenters. The van der Waals surface area contributed by atoms with Crippen molar-refractivity contribution in [3.05, 3.63) is 48.3 Å². The summed E-state index contributed by atoms with van der Waals surface area (Å²) in [7, 11) is 0. The van der Waals surface area contributed by atoms with E-state index in [9.17, 15) is 13.9 Å². The van der Waals surface area contributed by atoms with E-state index in [0.717, 1.165) is 37.3 Å². The van der Waals surface area contributed by atoms with Gasteiger partial charge in [-0.25, -0.2) is 13.8 Å². The number of aliphatic hydroxyl groups is 1. The van der Waals surface area contributed by atoms with Crippen molar-refractivity contribution in [2.24, 2.45) is 0 Å². The number of likely N-dealkylation sites (N-methyl/N-ethyl adjacent to an activating group) is 1. The molecule has 1 aliphatic heterocycles. The van der Waals surface area contributed by atoms with Gasteiger partial charge >= 0.3 is 0 Å². The Labute approximate surface area is 177 Å². The quantitative estimate of drug-likeness (QED) is 0.628. The lowest BCUT2D eigenvalue weighted by molar-refractivity contribution is 0.110. The number of H-pyrrole nitrogens is 1. The minimum Gasteiger partial charge on any atom is -0.396 e. The van der Waals surface area contributed by atoms with Gasteiger partial charge in [-0.15, -0.1) is 0 Å². The van der Waals surface area contributed by atoms with E-state index >= 15 is 0 Å². The van der Waals surface area contributed by atoms with E-state index in [-0.39, 0.29) is 18.2 Å². The minimum atomic E-state index is -2.51. The molecule has 1 aliphatic rings. The number of rotatable bonds is 9. The van der Waals surface area contributed by atoms with Crippen LogP contribution >= 0.6 is 0 Å². The first kappa shape index (κ1) is 22.4. The number of benzene rings is 1. The van der Waals surface area contributed by atoms with Crippen molar-refractivity contribution in [2.75, 3.05) is 19.7 Å². The van der Waals surface area contributed by atoms with Crippen LogP contribution in [0.4, 0.5) is 8.78 Å². The Balaban J connectivity index is 1.74. The van der Waals surface area contributed by atoms with Crippen LogP contribution in [0.1, 0.15) is 51.3 Å². The van der Waals surface area contributed by atoms with Gasteiger partial charge in [-0.2, -0.15) is 0 Å².